The fourth-order valence-electron chi connectivity index (χ4n) is 2.68. The van der Waals surface area contributed by atoms with Crippen LogP contribution in [0.15, 0.2) is 24.3 Å². The normalized spacial score (nSPS) is 22.8. The summed E-state index contributed by atoms with van der Waals surface area (Å²) in [6.07, 6.45) is 4.06. The average Bonchev–Trinajstić information content (AvgIpc) is 2.42. The molecule has 0 heterocycles. The van der Waals surface area contributed by atoms with Crippen molar-refractivity contribution in [2.24, 2.45) is 5.92 Å². The van der Waals surface area contributed by atoms with Crippen LogP contribution in [0.4, 0.5) is 5.69 Å². The van der Waals surface area contributed by atoms with E-state index in [1.807, 2.05) is 6.92 Å². The molecule has 0 saturated heterocycles. The third-order valence-electron chi connectivity index (χ3n) is 3.72. The number of nitrogens with one attached hydrogen (secondary N) is 1. The van der Waals surface area contributed by atoms with E-state index in [1.54, 1.807) is 0 Å². The maximum absolute atomic E-state index is 11.8. The van der Waals surface area contributed by atoms with E-state index in [0.29, 0.717) is 12.6 Å². The SMILES string of the molecule is CCOC(=O)C1CCCC(Nc2ccc(C)cc2)C1. The molecule has 0 aliphatic heterocycles. The largest absolute Gasteiger partial charge is 0.466 e. The molecule has 0 bridgehead atoms. The van der Waals surface area contributed by atoms with Gasteiger partial charge >= 0.3 is 5.97 Å². The van der Waals surface area contributed by atoms with Crippen molar-refractivity contribution in [2.75, 3.05) is 11.9 Å². The van der Waals surface area contributed by atoms with Crippen LogP contribution >= 0.6 is 0 Å². The molecule has 1 aromatic carbocycles. The monoisotopic (exact) mass is 261 g/mol. The Morgan fingerprint density at radius 1 is 1.32 bits per heavy atom. The Morgan fingerprint density at radius 3 is 2.74 bits per heavy atom. The number of aryl methyl sites for hydroxylation is 1. The summed E-state index contributed by atoms with van der Waals surface area (Å²) < 4.78 is 5.13. The zero-order valence-electron chi connectivity index (χ0n) is 11.8. The molecule has 19 heavy (non-hydrogen) atoms. The number of hydrogen-bond donors (Lipinski definition) is 1. The highest BCUT2D eigenvalue weighted by Gasteiger charge is 2.28. The molecule has 0 aromatic heterocycles. The van der Waals surface area contributed by atoms with Crippen LogP contribution in [-0.4, -0.2) is 18.6 Å². The lowest BCUT2D eigenvalue weighted by Gasteiger charge is -2.29. The molecular formula is C16H23NO2. The first-order chi connectivity index (χ1) is 9.19. The lowest BCUT2D eigenvalue weighted by atomic mass is 9.85. The van der Waals surface area contributed by atoms with Gasteiger partial charge in [-0.05, 0) is 45.2 Å². The summed E-state index contributed by atoms with van der Waals surface area (Å²) in [5.74, 6) is 0.0366. The fraction of sp³-hybridized carbons (Fsp3) is 0.562. The Morgan fingerprint density at radius 2 is 2.05 bits per heavy atom. The predicted octanol–water partition coefficient (Wildman–Crippen LogP) is 3.53. The summed E-state index contributed by atoms with van der Waals surface area (Å²) in [5.41, 5.74) is 2.40. The van der Waals surface area contributed by atoms with E-state index in [9.17, 15) is 4.79 Å². The van der Waals surface area contributed by atoms with E-state index >= 15 is 0 Å². The molecule has 0 amide bonds. The topological polar surface area (TPSA) is 38.3 Å². The van der Waals surface area contributed by atoms with Crippen molar-refractivity contribution in [1.29, 1.82) is 0 Å². The van der Waals surface area contributed by atoms with Gasteiger partial charge in [0.05, 0.1) is 12.5 Å². The summed E-state index contributed by atoms with van der Waals surface area (Å²) in [6, 6.07) is 8.79. The van der Waals surface area contributed by atoms with Crippen molar-refractivity contribution < 1.29 is 9.53 Å². The van der Waals surface area contributed by atoms with Crippen LogP contribution < -0.4 is 5.32 Å². The molecule has 104 valence electrons. The highest BCUT2D eigenvalue weighted by molar-refractivity contribution is 5.72. The second-order valence-electron chi connectivity index (χ2n) is 5.32. The smallest absolute Gasteiger partial charge is 0.308 e. The van der Waals surface area contributed by atoms with Crippen molar-refractivity contribution in [3.05, 3.63) is 29.8 Å². The van der Waals surface area contributed by atoms with E-state index in [1.165, 1.54) is 5.56 Å². The number of carbonyl (C=O) groups excluding carboxylic acids is 1. The number of hydrogen-bond acceptors (Lipinski definition) is 3. The maximum Gasteiger partial charge on any atom is 0.308 e. The Balaban J connectivity index is 1.90. The van der Waals surface area contributed by atoms with Gasteiger partial charge in [0.25, 0.3) is 0 Å². The molecule has 1 aliphatic carbocycles. The molecule has 1 fully saturated rings. The fourth-order valence-corrected chi connectivity index (χ4v) is 2.68. The molecular weight excluding hydrogens is 238 g/mol. The molecule has 1 aromatic rings. The number of anilines is 1. The van der Waals surface area contributed by atoms with Gasteiger partial charge < -0.3 is 10.1 Å². The van der Waals surface area contributed by atoms with Crippen LogP contribution in [0.5, 0.6) is 0 Å². The molecule has 0 radical (unpaired) electrons. The van der Waals surface area contributed by atoms with Gasteiger partial charge in [0.1, 0.15) is 0 Å². The minimum absolute atomic E-state index is 0.0297. The van der Waals surface area contributed by atoms with Crippen LogP contribution in [-0.2, 0) is 9.53 Å². The molecule has 3 heteroatoms. The van der Waals surface area contributed by atoms with Crippen LogP contribution in [0.3, 0.4) is 0 Å². The lowest BCUT2D eigenvalue weighted by molar-refractivity contribution is -0.149. The minimum atomic E-state index is -0.0297. The van der Waals surface area contributed by atoms with E-state index in [4.69, 9.17) is 4.74 Å². The zero-order valence-corrected chi connectivity index (χ0v) is 11.8. The third-order valence-corrected chi connectivity index (χ3v) is 3.72. The van der Waals surface area contributed by atoms with Gasteiger partial charge in [-0.2, -0.15) is 0 Å². The van der Waals surface area contributed by atoms with Crippen LogP contribution in [0, 0.1) is 12.8 Å². The van der Waals surface area contributed by atoms with Crippen molar-refractivity contribution in [2.45, 2.75) is 45.6 Å². The van der Waals surface area contributed by atoms with Gasteiger partial charge in [-0.15, -0.1) is 0 Å². The molecule has 0 spiro atoms. The molecule has 2 atom stereocenters. The highest BCUT2D eigenvalue weighted by Crippen LogP contribution is 2.27. The number of benzene rings is 1. The Hall–Kier alpha value is -1.51. The summed E-state index contributed by atoms with van der Waals surface area (Å²) in [5, 5.41) is 3.53. The average molecular weight is 261 g/mol. The van der Waals surface area contributed by atoms with Crippen LogP contribution in [0.2, 0.25) is 0 Å². The quantitative estimate of drug-likeness (QED) is 0.843. The van der Waals surface area contributed by atoms with Crippen molar-refractivity contribution in [3.8, 4) is 0 Å². The second-order valence-corrected chi connectivity index (χ2v) is 5.32. The van der Waals surface area contributed by atoms with E-state index in [2.05, 4.69) is 36.5 Å². The van der Waals surface area contributed by atoms with E-state index < -0.39 is 0 Å². The molecule has 1 aliphatic rings. The Kier molecular flexibility index (Phi) is 4.83. The number of ether oxygens (including phenoxy) is 1. The molecule has 2 rings (SSSR count). The van der Waals surface area contributed by atoms with Gasteiger partial charge in [0.2, 0.25) is 0 Å². The molecule has 1 saturated carbocycles. The Labute approximate surface area is 115 Å². The van der Waals surface area contributed by atoms with Crippen LogP contribution in [0.1, 0.15) is 38.2 Å². The molecule has 1 N–H and O–H groups in total. The predicted molar refractivity (Wildman–Crippen MR) is 77.2 cm³/mol. The number of carbonyl (C=O) groups is 1. The summed E-state index contributed by atoms with van der Waals surface area (Å²) in [7, 11) is 0. The molecule has 3 nitrogen and oxygen atoms in total. The molecule has 2 unspecified atom stereocenters. The van der Waals surface area contributed by atoms with E-state index in [-0.39, 0.29) is 11.9 Å². The van der Waals surface area contributed by atoms with Crippen molar-refractivity contribution in [1.82, 2.24) is 0 Å². The zero-order chi connectivity index (χ0) is 13.7. The standard InChI is InChI=1S/C16H23NO2/c1-3-19-16(18)13-5-4-6-15(11-13)17-14-9-7-12(2)8-10-14/h7-10,13,15,17H,3-6,11H2,1-2H3. The van der Waals surface area contributed by atoms with Crippen molar-refractivity contribution >= 4 is 11.7 Å². The summed E-state index contributed by atoms with van der Waals surface area (Å²) in [6.45, 7) is 4.43. The lowest BCUT2D eigenvalue weighted by Crippen LogP contribution is -2.32. The third kappa shape index (κ3) is 3.98. The summed E-state index contributed by atoms with van der Waals surface area (Å²) >= 11 is 0. The van der Waals surface area contributed by atoms with E-state index in [0.717, 1.165) is 31.4 Å². The minimum Gasteiger partial charge on any atom is -0.466 e. The van der Waals surface area contributed by atoms with Gasteiger partial charge in [-0.25, -0.2) is 0 Å². The first-order valence-corrected chi connectivity index (χ1v) is 7.19. The van der Waals surface area contributed by atoms with Crippen molar-refractivity contribution in [3.63, 3.8) is 0 Å². The van der Waals surface area contributed by atoms with Gasteiger partial charge in [-0.3, -0.25) is 4.79 Å². The van der Waals surface area contributed by atoms with Gasteiger partial charge in [0.15, 0.2) is 0 Å². The number of esters is 1. The first kappa shape index (κ1) is 13.9. The second kappa shape index (κ2) is 6.60. The highest BCUT2D eigenvalue weighted by atomic mass is 16.5. The first-order valence-electron chi connectivity index (χ1n) is 7.19. The number of rotatable bonds is 4. The summed E-state index contributed by atoms with van der Waals surface area (Å²) in [4.78, 5) is 11.8. The Bertz CT molecular complexity index is 413. The van der Waals surface area contributed by atoms with Crippen LogP contribution in [0.25, 0.3) is 0 Å². The van der Waals surface area contributed by atoms with Gasteiger partial charge in [-0.1, -0.05) is 24.1 Å². The maximum atomic E-state index is 11.8. The van der Waals surface area contributed by atoms with Gasteiger partial charge in [0, 0.05) is 11.7 Å².